The number of nitrogens with one attached hydrogen (secondary N) is 1. The molecule has 4 nitrogen and oxygen atoms in total. The van der Waals surface area contributed by atoms with Crippen LogP contribution in [0.15, 0.2) is 35.3 Å². The maximum Gasteiger partial charge on any atom is 0.252 e. The lowest BCUT2D eigenvalue weighted by molar-refractivity contribution is 0.875. The van der Waals surface area contributed by atoms with E-state index in [0.29, 0.717) is 5.82 Å². The van der Waals surface area contributed by atoms with E-state index in [1.54, 1.807) is 19.2 Å². The Morgan fingerprint density at radius 1 is 1.43 bits per heavy atom. The molecule has 4 heteroatoms. The zero-order valence-corrected chi connectivity index (χ0v) is 7.82. The van der Waals surface area contributed by atoms with Crippen molar-refractivity contribution in [2.45, 2.75) is 0 Å². The van der Waals surface area contributed by atoms with Crippen LogP contribution in [0.1, 0.15) is 0 Å². The Bertz CT molecular complexity index is 497. The van der Waals surface area contributed by atoms with Gasteiger partial charge in [-0.1, -0.05) is 0 Å². The van der Waals surface area contributed by atoms with E-state index in [4.69, 9.17) is 5.73 Å². The number of nitrogens with two attached hydrogens (primary N) is 1. The van der Waals surface area contributed by atoms with Crippen LogP contribution in [0.5, 0.6) is 0 Å². The minimum Gasteiger partial charge on any atom is -0.385 e. The lowest BCUT2D eigenvalue weighted by atomic mass is 10.2. The summed E-state index contributed by atoms with van der Waals surface area (Å²) in [4.78, 5) is 14.4. The molecule has 14 heavy (non-hydrogen) atoms. The second-order valence-electron chi connectivity index (χ2n) is 3.15. The summed E-state index contributed by atoms with van der Waals surface area (Å²) in [7, 11) is 1.65. The largest absolute Gasteiger partial charge is 0.385 e. The minimum atomic E-state index is -0.102. The topological polar surface area (TPSA) is 63.8 Å². The van der Waals surface area contributed by atoms with Crippen LogP contribution in [0.2, 0.25) is 0 Å². The molecule has 0 aliphatic carbocycles. The van der Waals surface area contributed by atoms with Gasteiger partial charge in [0.2, 0.25) is 0 Å². The van der Waals surface area contributed by atoms with Crippen LogP contribution in [-0.4, -0.2) is 9.55 Å². The fourth-order valence-electron chi connectivity index (χ4n) is 1.32. The van der Waals surface area contributed by atoms with Crippen LogP contribution in [0.3, 0.4) is 0 Å². The molecule has 2 aromatic rings. The molecule has 0 aliphatic heterocycles. The lowest BCUT2D eigenvalue weighted by Crippen LogP contribution is -2.18. The smallest absolute Gasteiger partial charge is 0.252 e. The number of aromatic nitrogens is 2. The molecule has 2 rings (SSSR count). The Morgan fingerprint density at radius 3 is 2.79 bits per heavy atom. The molecule has 72 valence electrons. The highest BCUT2D eigenvalue weighted by Crippen LogP contribution is 2.16. The zero-order chi connectivity index (χ0) is 10.1. The summed E-state index contributed by atoms with van der Waals surface area (Å²) >= 11 is 0. The Balaban J connectivity index is 2.63. The van der Waals surface area contributed by atoms with Crippen molar-refractivity contribution >= 4 is 5.82 Å². The SMILES string of the molecule is Cn1c(N)cc(-c2ccc[nH]2)cc1=O. The number of nitrogens with zero attached hydrogens (tertiary/aromatic N) is 1. The molecule has 0 saturated carbocycles. The van der Waals surface area contributed by atoms with Crippen LogP contribution >= 0.6 is 0 Å². The van der Waals surface area contributed by atoms with Crippen LogP contribution in [-0.2, 0) is 7.05 Å². The van der Waals surface area contributed by atoms with Crippen molar-refractivity contribution < 1.29 is 0 Å². The van der Waals surface area contributed by atoms with Crippen LogP contribution in [0.4, 0.5) is 5.82 Å². The molecule has 0 amide bonds. The maximum atomic E-state index is 11.4. The zero-order valence-electron chi connectivity index (χ0n) is 7.82. The predicted octanol–water partition coefficient (Wildman–Crippen LogP) is 0.963. The van der Waals surface area contributed by atoms with Crippen molar-refractivity contribution in [1.82, 2.24) is 9.55 Å². The fourth-order valence-corrected chi connectivity index (χ4v) is 1.32. The number of pyridine rings is 1. The van der Waals surface area contributed by atoms with Gasteiger partial charge < -0.3 is 10.7 Å². The third-order valence-electron chi connectivity index (χ3n) is 2.21. The number of rotatable bonds is 1. The van der Waals surface area contributed by atoms with Gasteiger partial charge in [-0.05, 0) is 18.2 Å². The average molecular weight is 189 g/mol. The van der Waals surface area contributed by atoms with E-state index in [-0.39, 0.29) is 5.56 Å². The number of hydrogen-bond acceptors (Lipinski definition) is 2. The van der Waals surface area contributed by atoms with Gasteiger partial charge in [-0.15, -0.1) is 0 Å². The molecular formula is C10H11N3O. The molecule has 0 aliphatic rings. The quantitative estimate of drug-likeness (QED) is 0.701. The third-order valence-corrected chi connectivity index (χ3v) is 2.21. The molecule has 3 N–H and O–H groups in total. The average Bonchev–Trinajstić information content (AvgIpc) is 2.66. The molecule has 0 spiro atoms. The molecule has 0 saturated heterocycles. The summed E-state index contributed by atoms with van der Waals surface area (Å²) in [5.74, 6) is 0.460. The molecule has 0 unspecified atom stereocenters. The first-order chi connectivity index (χ1) is 6.68. The molecular weight excluding hydrogens is 178 g/mol. The van der Waals surface area contributed by atoms with Gasteiger partial charge in [0.05, 0.1) is 0 Å². The summed E-state index contributed by atoms with van der Waals surface area (Å²) in [6.45, 7) is 0. The number of aromatic amines is 1. The summed E-state index contributed by atoms with van der Waals surface area (Å²) < 4.78 is 1.41. The van der Waals surface area contributed by atoms with E-state index in [9.17, 15) is 4.79 Å². The highest BCUT2D eigenvalue weighted by Gasteiger charge is 2.02. The second kappa shape index (κ2) is 3.06. The second-order valence-corrected chi connectivity index (χ2v) is 3.15. The summed E-state index contributed by atoms with van der Waals surface area (Å²) in [5.41, 5.74) is 7.29. The number of hydrogen-bond donors (Lipinski definition) is 2. The van der Waals surface area contributed by atoms with Crippen LogP contribution < -0.4 is 11.3 Å². The molecule has 0 fully saturated rings. The van der Waals surface area contributed by atoms with Crippen molar-refractivity contribution in [2.24, 2.45) is 7.05 Å². The van der Waals surface area contributed by atoms with Gasteiger partial charge in [-0.25, -0.2) is 0 Å². The monoisotopic (exact) mass is 189 g/mol. The highest BCUT2D eigenvalue weighted by atomic mass is 16.1. The van der Waals surface area contributed by atoms with E-state index >= 15 is 0 Å². The normalized spacial score (nSPS) is 10.4. The summed E-state index contributed by atoms with van der Waals surface area (Å²) in [6.07, 6.45) is 1.81. The van der Waals surface area contributed by atoms with Crippen molar-refractivity contribution in [1.29, 1.82) is 0 Å². The standard InChI is InChI=1S/C10H11N3O/c1-13-9(11)5-7(6-10(13)14)8-3-2-4-12-8/h2-6,12H,11H2,1H3. The number of nitrogen functional groups attached to an aromatic ring is 1. The molecule has 0 radical (unpaired) electrons. The van der Waals surface area contributed by atoms with E-state index in [2.05, 4.69) is 4.98 Å². The summed E-state index contributed by atoms with van der Waals surface area (Å²) in [5, 5.41) is 0. The Hall–Kier alpha value is -1.97. The van der Waals surface area contributed by atoms with Gasteiger partial charge in [-0.3, -0.25) is 9.36 Å². The van der Waals surface area contributed by atoms with E-state index in [1.807, 2.05) is 18.3 Å². The third kappa shape index (κ3) is 1.31. The van der Waals surface area contributed by atoms with Gasteiger partial charge in [0, 0.05) is 30.6 Å². The van der Waals surface area contributed by atoms with E-state index < -0.39 is 0 Å². The van der Waals surface area contributed by atoms with Crippen molar-refractivity contribution in [3.05, 3.63) is 40.8 Å². The molecule has 0 aromatic carbocycles. The van der Waals surface area contributed by atoms with Crippen molar-refractivity contribution in [3.63, 3.8) is 0 Å². The highest BCUT2D eigenvalue weighted by molar-refractivity contribution is 5.62. The Labute approximate surface area is 81.0 Å². The molecule has 0 atom stereocenters. The first-order valence-electron chi connectivity index (χ1n) is 4.29. The summed E-state index contributed by atoms with van der Waals surface area (Å²) in [6, 6.07) is 7.10. The van der Waals surface area contributed by atoms with Gasteiger partial charge >= 0.3 is 0 Å². The fraction of sp³-hybridized carbons (Fsp3) is 0.100. The first kappa shape index (κ1) is 8.62. The maximum absolute atomic E-state index is 11.4. The van der Waals surface area contributed by atoms with Gasteiger partial charge in [-0.2, -0.15) is 0 Å². The van der Waals surface area contributed by atoms with Crippen molar-refractivity contribution in [2.75, 3.05) is 5.73 Å². The number of H-pyrrole nitrogens is 1. The van der Waals surface area contributed by atoms with Gasteiger partial charge in [0.1, 0.15) is 5.82 Å². The molecule has 2 aromatic heterocycles. The lowest BCUT2D eigenvalue weighted by Gasteiger charge is -2.04. The Morgan fingerprint density at radius 2 is 2.21 bits per heavy atom. The number of anilines is 1. The van der Waals surface area contributed by atoms with E-state index in [1.165, 1.54) is 4.57 Å². The Kier molecular flexibility index (Phi) is 1.89. The van der Waals surface area contributed by atoms with Crippen molar-refractivity contribution in [3.8, 4) is 11.3 Å². The van der Waals surface area contributed by atoms with Gasteiger partial charge in [0.15, 0.2) is 0 Å². The predicted molar refractivity (Wildman–Crippen MR) is 55.9 cm³/mol. The minimum absolute atomic E-state index is 0.102. The van der Waals surface area contributed by atoms with E-state index in [0.717, 1.165) is 11.3 Å². The first-order valence-corrected chi connectivity index (χ1v) is 4.29. The molecule has 0 bridgehead atoms. The molecule has 2 heterocycles. The van der Waals surface area contributed by atoms with Crippen LogP contribution in [0, 0.1) is 0 Å². The van der Waals surface area contributed by atoms with Gasteiger partial charge in [0.25, 0.3) is 5.56 Å². The van der Waals surface area contributed by atoms with Crippen LogP contribution in [0.25, 0.3) is 11.3 Å².